The van der Waals surface area contributed by atoms with Crippen molar-refractivity contribution in [1.29, 1.82) is 0 Å². The maximum atomic E-state index is 5.87. The van der Waals surface area contributed by atoms with Gasteiger partial charge in [-0.3, -0.25) is 4.90 Å². The molecule has 6 nitrogen and oxygen atoms in total. The molecule has 1 saturated heterocycles. The van der Waals surface area contributed by atoms with Crippen LogP contribution in [0, 0.1) is 0 Å². The van der Waals surface area contributed by atoms with Gasteiger partial charge in [0.1, 0.15) is 18.0 Å². The van der Waals surface area contributed by atoms with E-state index < -0.39 is 0 Å². The second kappa shape index (κ2) is 6.68. The number of rotatable bonds is 5. The van der Waals surface area contributed by atoms with Crippen molar-refractivity contribution in [3.05, 3.63) is 11.9 Å². The van der Waals surface area contributed by atoms with E-state index in [4.69, 9.17) is 10.5 Å². The van der Waals surface area contributed by atoms with E-state index >= 15 is 0 Å². The van der Waals surface area contributed by atoms with Gasteiger partial charge in [-0.25, -0.2) is 9.97 Å². The molecule has 0 radical (unpaired) electrons. The molecule has 2 rings (SSSR count). The maximum absolute atomic E-state index is 5.87. The van der Waals surface area contributed by atoms with E-state index in [1.165, 1.54) is 6.33 Å². The SMILES string of the molecule is CCc1c(N)ncnc1NC(C)CN1CCOCC1. The van der Waals surface area contributed by atoms with Crippen molar-refractivity contribution in [2.45, 2.75) is 26.3 Å². The number of hydrogen-bond donors (Lipinski definition) is 2. The highest BCUT2D eigenvalue weighted by Crippen LogP contribution is 2.18. The second-order valence-corrected chi connectivity index (χ2v) is 4.90. The van der Waals surface area contributed by atoms with Gasteiger partial charge in [0.05, 0.1) is 13.2 Å². The van der Waals surface area contributed by atoms with Gasteiger partial charge in [-0.1, -0.05) is 6.92 Å². The summed E-state index contributed by atoms with van der Waals surface area (Å²) in [6.07, 6.45) is 2.34. The minimum absolute atomic E-state index is 0.317. The quantitative estimate of drug-likeness (QED) is 0.818. The molecule has 0 amide bonds. The Hall–Kier alpha value is -1.40. The average Bonchev–Trinajstić information content (AvgIpc) is 2.40. The van der Waals surface area contributed by atoms with Crippen molar-refractivity contribution >= 4 is 11.6 Å². The number of nitrogens with zero attached hydrogens (tertiary/aromatic N) is 3. The molecule has 0 spiro atoms. The van der Waals surface area contributed by atoms with Crippen LogP contribution in [-0.4, -0.2) is 53.8 Å². The van der Waals surface area contributed by atoms with E-state index in [-0.39, 0.29) is 0 Å². The summed E-state index contributed by atoms with van der Waals surface area (Å²) in [6.45, 7) is 8.86. The number of ether oxygens (including phenoxy) is 1. The number of nitrogen functional groups attached to an aromatic ring is 1. The lowest BCUT2D eigenvalue weighted by Crippen LogP contribution is -2.42. The lowest BCUT2D eigenvalue weighted by atomic mass is 10.2. The first-order valence-corrected chi connectivity index (χ1v) is 6.86. The lowest BCUT2D eigenvalue weighted by molar-refractivity contribution is 0.0368. The summed E-state index contributed by atoms with van der Waals surface area (Å²) in [5.74, 6) is 1.43. The van der Waals surface area contributed by atoms with Crippen LogP contribution >= 0.6 is 0 Å². The van der Waals surface area contributed by atoms with Crippen LogP contribution in [0.15, 0.2) is 6.33 Å². The third-order valence-electron chi connectivity index (χ3n) is 3.35. The third kappa shape index (κ3) is 3.78. The highest BCUT2D eigenvalue weighted by molar-refractivity contribution is 5.55. The topological polar surface area (TPSA) is 76.3 Å². The van der Waals surface area contributed by atoms with Crippen LogP contribution in [0.3, 0.4) is 0 Å². The first kappa shape index (κ1) is 14.0. The Morgan fingerprint density at radius 1 is 1.42 bits per heavy atom. The van der Waals surface area contributed by atoms with Crippen LogP contribution in [0.5, 0.6) is 0 Å². The molecular weight excluding hydrogens is 242 g/mol. The van der Waals surface area contributed by atoms with Crippen LogP contribution in [0.2, 0.25) is 0 Å². The van der Waals surface area contributed by atoms with E-state index in [1.807, 2.05) is 0 Å². The van der Waals surface area contributed by atoms with Gasteiger partial charge in [0.15, 0.2) is 0 Å². The molecule has 0 bridgehead atoms. The summed E-state index contributed by atoms with van der Waals surface area (Å²) >= 11 is 0. The molecule has 1 fully saturated rings. The Kier molecular flexibility index (Phi) is 4.93. The van der Waals surface area contributed by atoms with Gasteiger partial charge in [0.25, 0.3) is 0 Å². The van der Waals surface area contributed by atoms with Crippen LogP contribution in [0.4, 0.5) is 11.6 Å². The van der Waals surface area contributed by atoms with Crippen LogP contribution < -0.4 is 11.1 Å². The van der Waals surface area contributed by atoms with E-state index in [9.17, 15) is 0 Å². The molecule has 1 unspecified atom stereocenters. The molecule has 0 aliphatic carbocycles. The molecule has 1 aromatic heterocycles. The fourth-order valence-corrected chi connectivity index (χ4v) is 2.35. The van der Waals surface area contributed by atoms with Gasteiger partial charge in [0.2, 0.25) is 0 Å². The van der Waals surface area contributed by atoms with E-state index in [0.717, 1.165) is 50.7 Å². The zero-order valence-electron chi connectivity index (χ0n) is 11.7. The number of morpholine rings is 1. The highest BCUT2D eigenvalue weighted by atomic mass is 16.5. The number of aromatic nitrogens is 2. The van der Waals surface area contributed by atoms with Crippen molar-refractivity contribution in [1.82, 2.24) is 14.9 Å². The Labute approximate surface area is 114 Å². The summed E-state index contributed by atoms with van der Waals surface area (Å²) in [7, 11) is 0. The predicted molar refractivity (Wildman–Crippen MR) is 76.2 cm³/mol. The molecule has 1 atom stereocenters. The second-order valence-electron chi connectivity index (χ2n) is 4.90. The van der Waals surface area contributed by atoms with Crippen molar-refractivity contribution in [2.75, 3.05) is 43.9 Å². The molecule has 19 heavy (non-hydrogen) atoms. The smallest absolute Gasteiger partial charge is 0.134 e. The van der Waals surface area contributed by atoms with Gasteiger partial charge < -0.3 is 15.8 Å². The highest BCUT2D eigenvalue weighted by Gasteiger charge is 2.15. The fraction of sp³-hybridized carbons (Fsp3) is 0.692. The van der Waals surface area contributed by atoms with Gasteiger partial charge in [-0.05, 0) is 13.3 Å². The lowest BCUT2D eigenvalue weighted by Gasteiger charge is -2.29. The van der Waals surface area contributed by atoms with Gasteiger partial charge in [-0.15, -0.1) is 0 Å². The number of hydrogen-bond acceptors (Lipinski definition) is 6. The molecule has 6 heteroatoms. The van der Waals surface area contributed by atoms with E-state index in [1.54, 1.807) is 0 Å². The van der Waals surface area contributed by atoms with Crippen LogP contribution in [-0.2, 0) is 11.2 Å². The molecule has 1 aromatic rings. The zero-order chi connectivity index (χ0) is 13.7. The molecule has 106 valence electrons. The number of nitrogens with one attached hydrogen (secondary N) is 1. The van der Waals surface area contributed by atoms with Gasteiger partial charge >= 0.3 is 0 Å². The van der Waals surface area contributed by atoms with Crippen molar-refractivity contribution in [3.63, 3.8) is 0 Å². The molecule has 0 saturated carbocycles. The summed E-state index contributed by atoms with van der Waals surface area (Å²) < 4.78 is 5.35. The van der Waals surface area contributed by atoms with E-state index in [2.05, 4.69) is 34.0 Å². The minimum atomic E-state index is 0.317. The molecule has 0 aromatic carbocycles. The molecule has 1 aliphatic heterocycles. The van der Waals surface area contributed by atoms with Crippen molar-refractivity contribution in [2.24, 2.45) is 0 Å². The summed E-state index contributed by atoms with van der Waals surface area (Å²) in [5.41, 5.74) is 6.87. The van der Waals surface area contributed by atoms with Gasteiger partial charge in [0, 0.05) is 31.2 Å². The van der Waals surface area contributed by atoms with Crippen molar-refractivity contribution in [3.8, 4) is 0 Å². The first-order valence-electron chi connectivity index (χ1n) is 6.86. The molecule has 3 N–H and O–H groups in total. The Morgan fingerprint density at radius 3 is 2.84 bits per heavy atom. The Morgan fingerprint density at radius 2 is 2.16 bits per heavy atom. The first-order chi connectivity index (χ1) is 9.20. The number of nitrogens with two attached hydrogens (primary N) is 1. The summed E-state index contributed by atoms with van der Waals surface area (Å²) in [5, 5.41) is 3.44. The molecular formula is C13H23N5O. The number of anilines is 2. The molecule has 1 aliphatic rings. The summed E-state index contributed by atoms with van der Waals surface area (Å²) in [6, 6.07) is 0.317. The zero-order valence-corrected chi connectivity index (χ0v) is 11.7. The largest absolute Gasteiger partial charge is 0.383 e. The van der Waals surface area contributed by atoms with Crippen LogP contribution in [0.1, 0.15) is 19.4 Å². The molecule has 2 heterocycles. The normalized spacial score (nSPS) is 18.2. The van der Waals surface area contributed by atoms with Gasteiger partial charge in [-0.2, -0.15) is 0 Å². The predicted octanol–water partition coefficient (Wildman–Crippen LogP) is 0.754. The third-order valence-corrected chi connectivity index (χ3v) is 3.35. The fourth-order valence-electron chi connectivity index (χ4n) is 2.35. The van der Waals surface area contributed by atoms with E-state index in [0.29, 0.717) is 11.9 Å². The monoisotopic (exact) mass is 265 g/mol. The standard InChI is InChI=1S/C13H23N5O/c1-3-11-12(14)15-9-16-13(11)17-10(2)8-18-4-6-19-7-5-18/h9-10H,3-8H2,1-2H3,(H3,14,15,16,17). The average molecular weight is 265 g/mol. The summed E-state index contributed by atoms with van der Waals surface area (Å²) in [4.78, 5) is 10.7. The maximum Gasteiger partial charge on any atom is 0.134 e. The minimum Gasteiger partial charge on any atom is -0.383 e. The van der Waals surface area contributed by atoms with Crippen LogP contribution in [0.25, 0.3) is 0 Å². The van der Waals surface area contributed by atoms with Crippen molar-refractivity contribution < 1.29 is 4.74 Å². The Bertz CT molecular complexity index is 406. The Balaban J connectivity index is 1.94.